The molecule has 1 aromatic carbocycles. The van der Waals surface area contributed by atoms with E-state index in [1.165, 1.54) is 0 Å². The number of ether oxygens (including phenoxy) is 1. The standard InChI is InChI=1S/C31H46BrN3O5S/c1-9-40-19-12-10-18(11-13-19)33-26(37)22-23-28(39)35(21(15-36)17(2)3)25(31(23)14-20(32)24(22)41-31)27(38)34-30(7,8)16-29(4,5)6/h10-13,17,20-25,36H,9,14-16H2,1-8H3,(H,33,37)(H,34,38)/t20?,21-,22+,23-,24+,25?,31?/m0/s1. The zero-order valence-corrected chi connectivity index (χ0v) is 27.9. The Hall–Kier alpha value is -1.78. The molecule has 1 spiro atoms. The predicted molar refractivity (Wildman–Crippen MR) is 167 cm³/mol. The average Bonchev–Trinajstić information content (AvgIpc) is 3.42. The van der Waals surface area contributed by atoms with Crippen molar-refractivity contribution < 1.29 is 24.2 Å². The summed E-state index contributed by atoms with van der Waals surface area (Å²) < 4.78 is 4.74. The lowest BCUT2D eigenvalue weighted by Crippen LogP contribution is -2.61. The Morgan fingerprint density at radius 2 is 1.80 bits per heavy atom. The number of carbonyl (C=O) groups is 3. The number of likely N-dealkylation sites (tertiary alicyclic amines) is 1. The molecule has 0 aliphatic carbocycles. The Balaban J connectivity index is 1.70. The third-order valence-electron chi connectivity index (χ3n) is 8.46. The predicted octanol–water partition coefficient (Wildman–Crippen LogP) is 4.84. The fourth-order valence-electron chi connectivity index (χ4n) is 7.44. The van der Waals surface area contributed by atoms with Crippen LogP contribution in [0, 0.1) is 23.2 Å². The van der Waals surface area contributed by atoms with Gasteiger partial charge in [0.05, 0.1) is 35.8 Å². The maximum atomic E-state index is 14.4. The average molecular weight is 653 g/mol. The third kappa shape index (κ3) is 6.16. The van der Waals surface area contributed by atoms with Gasteiger partial charge in [-0.15, -0.1) is 11.8 Å². The molecule has 0 radical (unpaired) electrons. The molecule has 228 valence electrons. The summed E-state index contributed by atoms with van der Waals surface area (Å²) in [5.41, 5.74) is 0.104. The van der Waals surface area contributed by atoms with Gasteiger partial charge in [-0.3, -0.25) is 14.4 Å². The van der Waals surface area contributed by atoms with Crippen LogP contribution >= 0.6 is 27.7 Å². The fourth-order valence-corrected chi connectivity index (χ4v) is 11.0. The van der Waals surface area contributed by atoms with Crippen LogP contribution in [0.15, 0.2) is 24.3 Å². The second-order valence-corrected chi connectivity index (χ2v) is 16.7. The molecule has 3 unspecified atom stereocenters. The van der Waals surface area contributed by atoms with Gasteiger partial charge in [0, 0.05) is 21.3 Å². The number of hydrogen-bond acceptors (Lipinski definition) is 6. The zero-order valence-electron chi connectivity index (χ0n) is 25.5. The van der Waals surface area contributed by atoms with Crippen LogP contribution in [0.2, 0.25) is 0 Å². The van der Waals surface area contributed by atoms with Crippen molar-refractivity contribution in [3.05, 3.63) is 24.3 Å². The molecule has 8 nitrogen and oxygen atoms in total. The van der Waals surface area contributed by atoms with Crippen LogP contribution in [-0.2, 0) is 14.4 Å². The number of anilines is 1. The van der Waals surface area contributed by atoms with E-state index in [0.29, 0.717) is 24.5 Å². The SMILES string of the molecule is CCOc1ccc(NC(=O)[C@H]2[C@@H]3SC4(CC3Br)C(C(=O)NC(C)(C)CC(C)(C)C)N([C@@H](CO)C(C)C)C(=O)[C@H]24)cc1. The van der Waals surface area contributed by atoms with Crippen molar-refractivity contribution in [3.63, 3.8) is 0 Å². The van der Waals surface area contributed by atoms with Gasteiger partial charge in [-0.05, 0) is 69.2 Å². The van der Waals surface area contributed by atoms with E-state index in [-0.39, 0.29) is 45.7 Å². The van der Waals surface area contributed by atoms with E-state index >= 15 is 0 Å². The number of aliphatic hydroxyl groups excluding tert-OH is 1. The number of carbonyl (C=O) groups excluding carboxylic acids is 3. The van der Waals surface area contributed by atoms with Crippen LogP contribution in [-0.4, -0.2) is 73.4 Å². The van der Waals surface area contributed by atoms with Gasteiger partial charge < -0.3 is 25.4 Å². The molecule has 0 aromatic heterocycles. The summed E-state index contributed by atoms with van der Waals surface area (Å²) in [4.78, 5) is 44.2. The third-order valence-corrected chi connectivity index (χ3v) is 11.7. The maximum Gasteiger partial charge on any atom is 0.244 e. The second kappa shape index (κ2) is 11.7. The van der Waals surface area contributed by atoms with E-state index in [1.54, 1.807) is 40.9 Å². The van der Waals surface area contributed by atoms with Gasteiger partial charge in [-0.2, -0.15) is 0 Å². The lowest BCUT2D eigenvalue weighted by Gasteiger charge is -2.41. The van der Waals surface area contributed by atoms with Gasteiger partial charge in [0.15, 0.2) is 0 Å². The summed E-state index contributed by atoms with van der Waals surface area (Å²) in [5, 5.41) is 16.6. The quantitative estimate of drug-likeness (QED) is 0.313. The van der Waals surface area contributed by atoms with E-state index < -0.39 is 34.2 Å². The largest absolute Gasteiger partial charge is 0.494 e. The van der Waals surface area contributed by atoms with E-state index in [1.807, 2.05) is 34.6 Å². The molecule has 3 aliphatic rings. The molecule has 3 N–H and O–H groups in total. The highest BCUT2D eigenvalue weighted by atomic mass is 79.9. The normalized spacial score (nSPS) is 30.0. The number of alkyl halides is 1. The van der Waals surface area contributed by atoms with Crippen LogP contribution in [0.1, 0.15) is 68.2 Å². The van der Waals surface area contributed by atoms with Crippen molar-refractivity contribution in [2.75, 3.05) is 18.5 Å². The maximum absolute atomic E-state index is 14.4. The van der Waals surface area contributed by atoms with Gasteiger partial charge in [0.2, 0.25) is 17.7 Å². The van der Waals surface area contributed by atoms with E-state index in [4.69, 9.17) is 4.74 Å². The van der Waals surface area contributed by atoms with Crippen LogP contribution in [0.5, 0.6) is 5.75 Å². The molecule has 3 aliphatic heterocycles. The highest BCUT2D eigenvalue weighted by Gasteiger charge is 2.76. The summed E-state index contributed by atoms with van der Waals surface area (Å²) in [6, 6.07) is 5.87. The Bertz CT molecular complexity index is 1150. The number of hydrogen-bond donors (Lipinski definition) is 3. The van der Waals surface area contributed by atoms with Crippen molar-refractivity contribution in [2.24, 2.45) is 23.2 Å². The minimum absolute atomic E-state index is 0.0140. The van der Waals surface area contributed by atoms with Crippen molar-refractivity contribution in [1.82, 2.24) is 10.2 Å². The summed E-state index contributed by atoms with van der Waals surface area (Å²) in [6.45, 7) is 16.5. The highest BCUT2D eigenvalue weighted by molar-refractivity contribution is 9.09. The van der Waals surface area contributed by atoms with E-state index in [0.717, 1.165) is 6.42 Å². The lowest BCUT2D eigenvalue weighted by atomic mass is 9.70. The molecule has 41 heavy (non-hydrogen) atoms. The summed E-state index contributed by atoms with van der Waals surface area (Å²) in [7, 11) is 0. The minimum atomic E-state index is -0.794. The molecular weight excluding hydrogens is 606 g/mol. The summed E-state index contributed by atoms with van der Waals surface area (Å²) in [6.07, 6.45) is 1.34. The Kier molecular flexibility index (Phi) is 9.19. The summed E-state index contributed by atoms with van der Waals surface area (Å²) >= 11 is 5.42. The Morgan fingerprint density at radius 1 is 1.17 bits per heavy atom. The molecule has 3 amide bonds. The first-order valence-electron chi connectivity index (χ1n) is 14.7. The van der Waals surface area contributed by atoms with Crippen LogP contribution in [0.4, 0.5) is 5.69 Å². The monoisotopic (exact) mass is 651 g/mol. The molecule has 2 bridgehead atoms. The fraction of sp³-hybridized carbons (Fsp3) is 0.710. The van der Waals surface area contributed by atoms with E-state index in [2.05, 4.69) is 47.3 Å². The lowest BCUT2D eigenvalue weighted by molar-refractivity contribution is -0.143. The first-order chi connectivity index (χ1) is 19.0. The number of halogens is 1. The molecule has 7 atom stereocenters. The number of amides is 3. The smallest absolute Gasteiger partial charge is 0.244 e. The Morgan fingerprint density at radius 3 is 2.34 bits per heavy atom. The van der Waals surface area contributed by atoms with Gasteiger partial charge in [-0.25, -0.2) is 0 Å². The van der Waals surface area contributed by atoms with Crippen molar-refractivity contribution in [1.29, 1.82) is 0 Å². The first-order valence-corrected chi connectivity index (χ1v) is 16.5. The summed E-state index contributed by atoms with van der Waals surface area (Å²) in [5.74, 6) is -1.29. The van der Waals surface area contributed by atoms with Crippen molar-refractivity contribution >= 4 is 51.1 Å². The first kappa shape index (κ1) is 32.1. The number of benzene rings is 1. The van der Waals surface area contributed by atoms with Gasteiger partial charge in [-0.1, -0.05) is 50.5 Å². The number of rotatable bonds is 10. The van der Waals surface area contributed by atoms with Gasteiger partial charge >= 0.3 is 0 Å². The van der Waals surface area contributed by atoms with Crippen LogP contribution in [0.3, 0.4) is 0 Å². The highest BCUT2D eigenvalue weighted by Crippen LogP contribution is 2.68. The van der Waals surface area contributed by atoms with Crippen molar-refractivity contribution in [2.45, 2.75) is 101 Å². The Labute approximate surface area is 257 Å². The molecular formula is C31H46BrN3O5S. The molecule has 3 heterocycles. The zero-order chi connectivity index (χ0) is 30.5. The van der Waals surface area contributed by atoms with E-state index in [9.17, 15) is 19.5 Å². The number of nitrogens with zero attached hydrogens (tertiary/aromatic N) is 1. The minimum Gasteiger partial charge on any atom is -0.494 e. The number of fused-ring (bicyclic) bond motifs is 1. The van der Waals surface area contributed by atoms with Crippen LogP contribution < -0.4 is 15.4 Å². The van der Waals surface area contributed by atoms with Crippen molar-refractivity contribution in [3.8, 4) is 5.75 Å². The van der Waals surface area contributed by atoms with Gasteiger partial charge in [0.1, 0.15) is 11.8 Å². The topological polar surface area (TPSA) is 108 Å². The molecule has 3 fully saturated rings. The molecule has 1 aromatic rings. The second-order valence-electron chi connectivity index (χ2n) is 14.0. The number of nitrogens with one attached hydrogen (secondary N) is 2. The molecule has 0 saturated carbocycles. The number of aliphatic hydroxyl groups is 1. The molecule has 4 rings (SSSR count). The molecule has 10 heteroatoms. The van der Waals surface area contributed by atoms with Crippen LogP contribution in [0.25, 0.3) is 0 Å². The van der Waals surface area contributed by atoms with Gasteiger partial charge in [0.25, 0.3) is 0 Å². The number of thioether (sulfide) groups is 1. The molecule has 3 saturated heterocycles.